The number of hydrogen-bond acceptors (Lipinski definition) is 2. The summed E-state index contributed by atoms with van der Waals surface area (Å²) in [5.41, 5.74) is 7.91. The number of rotatable bonds is 4. The summed E-state index contributed by atoms with van der Waals surface area (Å²) in [5.74, 6) is 2.98. The van der Waals surface area contributed by atoms with Crippen LogP contribution in [0.1, 0.15) is 19.4 Å². The molecule has 1 nitrogen and oxygen atoms in total. The van der Waals surface area contributed by atoms with Crippen molar-refractivity contribution in [1.29, 1.82) is 0 Å². The molecule has 1 aromatic rings. The van der Waals surface area contributed by atoms with E-state index in [0.29, 0.717) is 0 Å². The van der Waals surface area contributed by atoms with Crippen LogP contribution in [0.4, 0.5) is 5.69 Å². The highest BCUT2D eigenvalue weighted by Gasteiger charge is 2.03. The summed E-state index contributed by atoms with van der Waals surface area (Å²) < 4.78 is 1.05. The van der Waals surface area contributed by atoms with Gasteiger partial charge in [0, 0.05) is 15.9 Å². The molecule has 14 heavy (non-hydrogen) atoms. The molecule has 3 heteroatoms. The highest BCUT2D eigenvalue weighted by molar-refractivity contribution is 9.10. The Bertz CT molecular complexity index is 299. The second-order valence-corrected chi connectivity index (χ2v) is 5.55. The molecule has 1 rings (SSSR count). The third kappa shape index (κ3) is 3.54. The van der Waals surface area contributed by atoms with E-state index in [1.807, 2.05) is 23.9 Å². The van der Waals surface area contributed by atoms with Crippen molar-refractivity contribution in [3.8, 4) is 0 Å². The number of anilines is 1. The molecule has 0 heterocycles. The summed E-state index contributed by atoms with van der Waals surface area (Å²) >= 11 is 5.46. The summed E-state index contributed by atoms with van der Waals surface area (Å²) in [6, 6.07) is 6.04. The molecule has 0 aromatic heterocycles. The van der Waals surface area contributed by atoms with Gasteiger partial charge in [-0.1, -0.05) is 26.0 Å². The van der Waals surface area contributed by atoms with Gasteiger partial charge in [0.1, 0.15) is 0 Å². The van der Waals surface area contributed by atoms with Gasteiger partial charge in [0.15, 0.2) is 0 Å². The molecule has 0 saturated carbocycles. The molecule has 0 saturated heterocycles. The minimum atomic E-state index is 0.750. The minimum absolute atomic E-state index is 0.750. The average molecular weight is 274 g/mol. The fourth-order valence-corrected chi connectivity index (χ4v) is 2.76. The maximum absolute atomic E-state index is 5.80. The van der Waals surface area contributed by atoms with E-state index in [0.717, 1.165) is 21.8 Å². The smallest absolute Gasteiger partial charge is 0.0461 e. The van der Waals surface area contributed by atoms with E-state index >= 15 is 0 Å². The van der Waals surface area contributed by atoms with Gasteiger partial charge >= 0.3 is 0 Å². The molecule has 0 radical (unpaired) electrons. The van der Waals surface area contributed by atoms with E-state index < -0.39 is 0 Å². The number of halogens is 1. The maximum Gasteiger partial charge on any atom is 0.0461 e. The van der Waals surface area contributed by atoms with Gasteiger partial charge in [-0.25, -0.2) is 0 Å². The lowest BCUT2D eigenvalue weighted by Gasteiger charge is -2.07. The molecule has 2 N–H and O–H groups in total. The van der Waals surface area contributed by atoms with Crippen LogP contribution in [0.15, 0.2) is 22.7 Å². The molecule has 0 spiro atoms. The van der Waals surface area contributed by atoms with Crippen molar-refractivity contribution >= 4 is 33.4 Å². The first-order chi connectivity index (χ1) is 6.61. The predicted molar refractivity (Wildman–Crippen MR) is 69.6 cm³/mol. The zero-order valence-electron chi connectivity index (χ0n) is 8.59. The van der Waals surface area contributed by atoms with Crippen molar-refractivity contribution in [1.82, 2.24) is 0 Å². The standard InChI is InChI=1S/C11H16BrNS/c1-8(2)6-14-7-9-4-3-5-10(13)11(9)12/h3-5,8H,6-7,13H2,1-2H3. The van der Waals surface area contributed by atoms with Crippen molar-refractivity contribution in [3.05, 3.63) is 28.2 Å². The molecule has 0 bridgehead atoms. The molecule has 0 aliphatic carbocycles. The van der Waals surface area contributed by atoms with Crippen LogP contribution in [0.5, 0.6) is 0 Å². The first-order valence-corrected chi connectivity index (χ1v) is 6.66. The molecule has 1 aromatic carbocycles. The second-order valence-electron chi connectivity index (χ2n) is 3.73. The Labute approximate surface area is 98.6 Å². The molecule has 0 amide bonds. The van der Waals surface area contributed by atoms with Crippen LogP contribution < -0.4 is 5.73 Å². The fourth-order valence-electron chi connectivity index (χ4n) is 1.12. The Morgan fingerprint density at radius 3 is 2.79 bits per heavy atom. The van der Waals surface area contributed by atoms with E-state index in [1.165, 1.54) is 11.3 Å². The normalized spacial score (nSPS) is 10.9. The SMILES string of the molecule is CC(C)CSCc1cccc(N)c1Br. The number of nitrogen functional groups attached to an aromatic ring is 1. The van der Waals surface area contributed by atoms with E-state index in [4.69, 9.17) is 5.73 Å². The van der Waals surface area contributed by atoms with Gasteiger partial charge in [-0.3, -0.25) is 0 Å². The largest absolute Gasteiger partial charge is 0.398 e. The van der Waals surface area contributed by atoms with Gasteiger partial charge in [-0.15, -0.1) is 0 Å². The maximum atomic E-state index is 5.80. The Hall–Kier alpha value is -0.150. The molecule has 0 aliphatic rings. The summed E-state index contributed by atoms with van der Waals surface area (Å²) in [4.78, 5) is 0. The van der Waals surface area contributed by atoms with Gasteiger partial charge in [-0.2, -0.15) is 11.8 Å². The molecule has 78 valence electrons. The Balaban J connectivity index is 2.54. The highest BCUT2D eigenvalue weighted by atomic mass is 79.9. The number of benzene rings is 1. The average Bonchev–Trinajstić information content (AvgIpc) is 2.12. The predicted octanol–water partition coefficient (Wildman–Crippen LogP) is 3.92. The molecular weight excluding hydrogens is 258 g/mol. The van der Waals surface area contributed by atoms with Crippen LogP contribution in [0.25, 0.3) is 0 Å². The number of hydrogen-bond donors (Lipinski definition) is 1. The number of nitrogens with two attached hydrogens (primary N) is 1. The van der Waals surface area contributed by atoms with Crippen LogP contribution >= 0.6 is 27.7 Å². The van der Waals surface area contributed by atoms with Crippen LogP contribution in [-0.2, 0) is 5.75 Å². The first kappa shape index (κ1) is 11.9. The third-order valence-electron chi connectivity index (χ3n) is 1.82. The molecule has 0 fully saturated rings. The Morgan fingerprint density at radius 2 is 2.14 bits per heavy atom. The lowest BCUT2D eigenvalue weighted by Crippen LogP contribution is -1.94. The topological polar surface area (TPSA) is 26.0 Å². The first-order valence-electron chi connectivity index (χ1n) is 4.72. The van der Waals surface area contributed by atoms with E-state index in [-0.39, 0.29) is 0 Å². The summed E-state index contributed by atoms with van der Waals surface area (Å²) in [6.07, 6.45) is 0. The van der Waals surface area contributed by atoms with Gasteiger partial charge in [0.05, 0.1) is 0 Å². The fraction of sp³-hybridized carbons (Fsp3) is 0.455. The highest BCUT2D eigenvalue weighted by Crippen LogP contribution is 2.27. The monoisotopic (exact) mass is 273 g/mol. The zero-order chi connectivity index (χ0) is 10.6. The van der Waals surface area contributed by atoms with Crippen LogP contribution in [0, 0.1) is 5.92 Å². The van der Waals surface area contributed by atoms with Gasteiger partial charge < -0.3 is 5.73 Å². The van der Waals surface area contributed by atoms with Crippen molar-refractivity contribution in [2.24, 2.45) is 5.92 Å². The zero-order valence-corrected chi connectivity index (χ0v) is 11.0. The molecule has 0 unspecified atom stereocenters. The number of thioether (sulfide) groups is 1. The van der Waals surface area contributed by atoms with Crippen molar-refractivity contribution in [2.75, 3.05) is 11.5 Å². The van der Waals surface area contributed by atoms with E-state index in [1.54, 1.807) is 0 Å². The Morgan fingerprint density at radius 1 is 1.43 bits per heavy atom. The second kappa shape index (κ2) is 5.66. The third-order valence-corrected chi connectivity index (χ3v) is 4.20. The lowest BCUT2D eigenvalue weighted by molar-refractivity contribution is 0.750. The summed E-state index contributed by atoms with van der Waals surface area (Å²) in [6.45, 7) is 4.47. The minimum Gasteiger partial charge on any atom is -0.398 e. The summed E-state index contributed by atoms with van der Waals surface area (Å²) in [5, 5.41) is 0. The van der Waals surface area contributed by atoms with Crippen molar-refractivity contribution in [2.45, 2.75) is 19.6 Å². The van der Waals surface area contributed by atoms with E-state index in [9.17, 15) is 0 Å². The quantitative estimate of drug-likeness (QED) is 0.842. The van der Waals surface area contributed by atoms with Crippen molar-refractivity contribution < 1.29 is 0 Å². The van der Waals surface area contributed by atoms with Gasteiger partial charge in [0.2, 0.25) is 0 Å². The van der Waals surface area contributed by atoms with Gasteiger partial charge in [0.25, 0.3) is 0 Å². The lowest BCUT2D eigenvalue weighted by atomic mass is 10.2. The molecule has 0 atom stereocenters. The van der Waals surface area contributed by atoms with Gasteiger partial charge in [-0.05, 0) is 39.2 Å². The van der Waals surface area contributed by atoms with E-state index in [2.05, 4.69) is 35.8 Å². The summed E-state index contributed by atoms with van der Waals surface area (Å²) in [7, 11) is 0. The van der Waals surface area contributed by atoms with Crippen LogP contribution in [0.3, 0.4) is 0 Å². The van der Waals surface area contributed by atoms with Crippen molar-refractivity contribution in [3.63, 3.8) is 0 Å². The molecule has 0 aliphatic heterocycles. The van der Waals surface area contributed by atoms with Crippen LogP contribution in [-0.4, -0.2) is 5.75 Å². The molecular formula is C11H16BrNS. The Kier molecular flexibility index (Phi) is 4.82. The van der Waals surface area contributed by atoms with Crippen LogP contribution in [0.2, 0.25) is 0 Å².